The van der Waals surface area contributed by atoms with Gasteiger partial charge in [-0.2, -0.15) is 26.3 Å². The number of aromatic nitrogens is 2. The lowest BCUT2D eigenvalue weighted by atomic mass is 9.73. The quantitative estimate of drug-likeness (QED) is 0.405. The largest absolute Gasteiger partial charge is 0.490 e. The second-order valence-electron chi connectivity index (χ2n) is 8.55. The van der Waals surface area contributed by atoms with Crippen molar-refractivity contribution in [2.75, 3.05) is 58.5 Å². The Balaban J connectivity index is 0.000000404. The molecule has 3 rings (SSSR count). The van der Waals surface area contributed by atoms with Crippen molar-refractivity contribution in [3.63, 3.8) is 0 Å². The molecule has 0 bridgehead atoms. The molecule has 2 N–H and O–H groups in total. The Kier molecular flexibility index (Phi) is 12.5. The number of likely N-dealkylation sites (N-methyl/N-ethyl adjacent to an activating group) is 1. The third-order valence-electron chi connectivity index (χ3n) is 5.38. The second kappa shape index (κ2) is 14.3. The van der Waals surface area contributed by atoms with Crippen LogP contribution in [0.15, 0.2) is 18.5 Å². The summed E-state index contributed by atoms with van der Waals surface area (Å²) in [5, 5.41) is 14.2. The summed E-state index contributed by atoms with van der Waals surface area (Å²) in [5.74, 6) is -4.69. The molecule has 2 aliphatic heterocycles. The van der Waals surface area contributed by atoms with Crippen molar-refractivity contribution >= 4 is 17.9 Å². The van der Waals surface area contributed by atoms with Crippen molar-refractivity contribution in [2.45, 2.75) is 37.7 Å². The van der Waals surface area contributed by atoms with E-state index in [1.54, 1.807) is 0 Å². The third-order valence-corrected chi connectivity index (χ3v) is 5.38. The Morgan fingerprint density at radius 3 is 2.16 bits per heavy atom. The number of piperidine rings is 1. The lowest BCUT2D eigenvalue weighted by Crippen LogP contribution is -2.57. The summed E-state index contributed by atoms with van der Waals surface area (Å²) in [7, 11) is 4.15. The van der Waals surface area contributed by atoms with Crippen LogP contribution in [0.1, 0.15) is 19.3 Å². The number of nitrogens with zero attached hydrogens (tertiary/aromatic N) is 4. The molecule has 0 aliphatic carbocycles. The summed E-state index contributed by atoms with van der Waals surface area (Å²) in [6.45, 7) is 5.23. The zero-order valence-electron chi connectivity index (χ0n) is 20.3. The SMILES string of the molecule is CN(C)CCOCC12CCCOC1CCN(c1ncccn1)C2.O=C(O)C(F)(F)F.O=C(O)C(F)(F)F. The first-order valence-electron chi connectivity index (χ1n) is 11.0. The van der Waals surface area contributed by atoms with E-state index in [1.807, 2.05) is 18.5 Å². The number of rotatable bonds is 6. The molecule has 0 aromatic carbocycles. The molecule has 2 saturated heterocycles. The molecule has 3 heterocycles. The Labute approximate surface area is 209 Å². The van der Waals surface area contributed by atoms with Crippen molar-refractivity contribution in [3.8, 4) is 0 Å². The van der Waals surface area contributed by atoms with Gasteiger partial charge >= 0.3 is 24.3 Å². The highest BCUT2D eigenvalue weighted by Gasteiger charge is 2.46. The molecule has 212 valence electrons. The van der Waals surface area contributed by atoms with Crippen LogP contribution in [0.25, 0.3) is 0 Å². The summed E-state index contributed by atoms with van der Waals surface area (Å²) < 4.78 is 75.6. The fraction of sp³-hybridized carbons (Fsp3) is 0.714. The van der Waals surface area contributed by atoms with Crippen LogP contribution in [0.2, 0.25) is 0 Å². The predicted molar refractivity (Wildman–Crippen MR) is 117 cm³/mol. The number of anilines is 1. The first kappa shape index (κ1) is 32.3. The number of hydrogen-bond acceptors (Lipinski definition) is 8. The number of halogens is 6. The van der Waals surface area contributed by atoms with Crippen molar-refractivity contribution in [1.82, 2.24) is 14.9 Å². The number of hydrogen-bond donors (Lipinski definition) is 2. The molecule has 0 radical (unpaired) electrons. The molecule has 2 aliphatic rings. The van der Waals surface area contributed by atoms with Crippen LogP contribution in [0, 0.1) is 5.41 Å². The third kappa shape index (κ3) is 11.5. The molecule has 0 amide bonds. The number of carboxylic acid groups (broad SMARTS) is 2. The van der Waals surface area contributed by atoms with Gasteiger partial charge in [0.15, 0.2) is 0 Å². The highest BCUT2D eigenvalue weighted by Crippen LogP contribution is 2.41. The van der Waals surface area contributed by atoms with E-state index in [2.05, 4.69) is 33.9 Å². The van der Waals surface area contributed by atoms with Crippen LogP contribution in [0.3, 0.4) is 0 Å². The van der Waals surface area contributed by atoms with Gasteiger partial charge in [0.2, 0.25) is 5.95 Å². The van der Waals surface area contributed by atoms with E-state index in [0.717, 1.165) is 64.7 Å². The van der Waals surface area contributed by atoms with Crippen LogP contribution in [0.4, 0.5) is 32.3 Å². The second-order valence-corrected chi connectivity index (χ2v) is 8.55. The average molecular weight is 548 g/mol. The summed E-state index contributed by atoms with van der Waals surface area (Å²) in [6.07, 6.45) is -2.96. The molecule has 2 fully saturated rings. The topological polar surface area (TPSA) is 125 Å². The smallest absolute Gasteiger partial charge is 0.475 e. The minimum atomic E-state index is -5.08. The van der Waals surface area contributed by atoms with Gasteiger partial charge in [0.25, 0.3) is 0 Å². The number of fused-ring (bicyclic) bond motifs is 1. The molecular formula is C21H30F6N4O6. The molecule has 1 aromatic rings. The maximum absolute atomic E-state index is 10.6. The maximum atomic E-state index is 10.6. The lowest BCUT2D eigenvalue weighted by molar-refractivity contribution is -0.193. The standard InChI is InChI=1S/C17H28N4O2.2C2HF3O2/c1-20(2)10-12-22-14-17-6-3-11-23-15(17)5-9-21(13-17)16-18-7-4-8-19-16;2*3-2(4,5)1(6)7/h4,7-8,15H,3,5-6,9-14H2,1-2H3;2*(H,6,7). The van der Waals surface area contributed by atoms with Crippen molar-refractivity contribution < 1.29 is 55.6 Å². The number of alkyl halides is 6. The van der Waals surface area contributed by atoms with Gasteiger partial charge in [-0.3, -0.25) is 0 Å². The molecule has 0 spiro atoms. The van der Waals surface area contributed by atoms with Gasteiger partial charge in [0.1, 0.15) is 0 Å². The molecule has 2 atom stereocenters. The molecular weight excluding hydrogens is 518 g/mol. The van der Waals surface area contributed by atoms with Gasteiger partial charge in [0.05, 0.1) is 19.3 Å². The Hall–Kier alpha value is -2.72. The number of carboxylic acids is 2. The fourth-order valence-electron chi connectivity index (χ4n) is 3.65. The predicted octanol–water partition coefficient (Wildman–Crippen LogP) is 2.70. The van der Waals surface area contributed by atoms with E-state index < -0.39 is 24.3 Å². The number of aliphatic carboxylic acids is 2. The van der Waals surface area contributed by atoms with E-state index in [-0.39, 0.29) is 5.41 Å². The molecule has 1 aromatic heterocycles. The molecule has 16 heteroatoms. The lowest BCUT2D eigenvalue weighted by Gasteiger charge is -2.50. The van der Waals surface area contributed by atoms with Crippen LogP contribution < -0.4 is 4.90 Å². The molecule has 37 heavy (non-hydrogen) atoms. The van der Waals surface area contributed by atoms with E-state index in [1.165, 1.54) is 0 Å². The minimum Gasteiger partial charge on any atom is -0.475 e. The van der Waals surface area contributed by atoms with Gasteiger partial charge in [-0.25, -0.2) is 19.6 Å². The zero-order valence-corrected chi connectivity index (χ0v) is 20.3. The Morgan fingerprint density at radius 2 is 1.68 bits per heavy atom. The summed E-state index contributed by atoms with van der Waals surface area (Å²) in [5.41, 5.74) is 0.0714. The molecule has 2 unspecified atom stereocenters. The van der Waals surface area contributed by atoms with E-state index >= 15 is 0 Å². The summed E-state index contributed by atoms with van der Waals surface area (Å²) in [6, 6.07) is 1.86. The van der Waals surface area contributed by atoms with Crippen LogP contribution in [-0.2, 0) is 19.1 Å². The van der Waals surface area contributed by atoms with Gasteiger partial charge in [-0.15, -0.1) is 0 Å². The Morgan fingerprint density at radius 1 is 1.14 bits per heavy atom. The van der Waals surface area contributed by atoms with Crippen LogP contribution >= 0.6 is 0 Å². The summed E-state index contributed by atoms with van der Waals surface area (Å²) in [4.78, 5) is 31.1. The van der Waals surface area contributed by atoms with Gasteiger partial charge in [0, 0.05) is 44.0 Å². The van der Waals surface area contributed by atoms with Crippen LogP contribution in [0.5, 0.6) is 0 Å². The zero-order chi connectivity index (χ0) is 28.3. The normalized spacial score (nSPS) is 21.6. The maximum Gasteiger partial charge on any atom is 0.490 e. The average Bonchev–Trinajstić information content (AvgIpc) is 2.81. The fourth-order valence-corrected chi connectivity index (χ4v) is 3.65. The minimum absolute atomic E-state index is 0.0714. The number of carbonyl (C=O) groups is 2. The monoisotopic (exact) mass is 548 g/mol. The molecule has 0 saturated carbocycles. The first-order chi connectivity index (χ1) is 17.1. The van der Waals surface area contributed by atoms with Gasteiger partial charge < -0.3 is 29.5 Å². The summed E-state index contributed by atoms with van der Waals surface area (Å²) >= 11 is 0. The van der Waals surface area contributed by atoms with Crippen molar-refractivity contribution in [1.29, 1.82) is 0 Å². The molecule has 10 nitrogen and oxygen atoms in total. The van der Waals surface area contributed by atoms with E-state index in [4.69, 9.17) is 29.3 Å². The van der Waals surface area contributed by atoms with Crippen LogP contribution in [-0.4, -0.2) is 109 Å². The highest BCUT2D eigenvalue weighted by atomic mass is 19.4. The highest BCUT2D eigenvalue weighted by molar-refractivity contribution is 5.73. The van der Waals surface area contributed by atoms with Crippen molar-refractivity contribution in [3.05, 3.63) is 18.5 Å². The van der Waals surface area contributed by atoms with Gasteiger partial charge in [-0.1, -0.05) is 0 Å². The van der Waals surface area contributed by atoms with Crippen molar-refractivity contribution in [2.24, 2.45) is 5.41 Å². The first-order valence-corrected chi connectivity index (χ1v) is 11.0. The van der Waals surface area contributed by atoms with E-state index in [9.17, 15) is 26.3 Å². The van der Waals surface area contributed by atoms with E-state index in [0.29, 0.717) is 6.10 Å². The van der Waals surface area contributed by atoms with Gasteiger partial charge in [-0.05, 0) is 39.4 Å². The Bertz CT molecular complexity index is 819. The number of ether oxygens (including phenoxy) is 2.